The van der Waals surface area contributed by atoms with Crippen molar-refractivity contribution in [2.45, 2.75) is 32.4 Å². The lowest BCUT2D eigenvalue weighted by molar-refractivity contribution is -0.141. The lowest BCUT2D eigenvalue weighted by atomic mass is 10.1. The van der Waals surface area contributed by atoms with Crippen LogP contribution in [0.15, 0.2) is 54.6 Å². The summed E-state index contributed by atoms with van der Waals surface area (Å²) in [5.41, 5.74) is 1.47. The summed E-state index contributed by atoms with van der Waals surface area (Å²) < 4.78 is 10.3. The number of esters is 1. The summed E-state index contributed by atoms with van der Waals surface area (Å²) in [4.78, 5) is 40.7. The van der Waals surface area contributed by atoms with Crippen LogP contribution in [0.25, 0.3) is 0 Å². The van der Waals surface area contributed by atoms with Gasteiger partial charge < -0.3 is 19.7 Å². The largest absolute Gasteiger partial charge is 0.494 e. The molecule has 0 bridgehead atoms. The Bertz CT molecular complexity index is 997. The maximum Gasteiger partial charge on any atom is 0.325 e. The smallest absolute Gasteiger partial charge is 0.325 e. The van der Waals surface area contributed by atoms with Gasteiger partial charge in [-0.3, -0.25) is 19.3 Å². The van der Waals surface area contributed by atoms with E-state index in [1.165, 1.54) is 16.9 Å². The number of methoxy groups -OCH3 is 1. The minimum Gasteiger partial charge on any atom is -0.494 e. The second-order valence-electron chi connectivity index (χ2n) is 7.54. The Morgan fingerprint density at radius 3 is 2.42 bits per heavy atom. The molecule has 33 heavy (non-hydrogen) atoms. The van der Waals surface area contributed by atoms with Crippen molar-refractivity contribution in [3.8, 4) is 5.75 Å². The summed E-state index contributed by atoms with van der Waals surface area (Å²) in [5, 5.41) is 2.99. The van der Waals surface area contributed by atoms with Crippen LogP contribution in [-0.2, 0) is 25.7 Å². The first-order valence-corrected chi connectivity index (χ1v) is 11.1. The molecule has 0 spiro atoms. The predicted molar refractivity (Wildman–Crippen MR) is 128 cm³/mol. The van der Waals surface area contributed by atoms with Crippen LogP contribution in [0.1, 0.15) is 25.3 Å². The minimum atomic E-state index is -0.896. The molecule has 1 atom stereocenters. The molecule has 0 aliphatic carbocycles. The molecular weight excluding hydrogens is 442 g/mol. The number of rotatable bonds is 10. The van der Waals surface area contributed by atoms with Gasteiger partial charge in [0.25, 0.3) is 5.91 Å². The van der Waals surface area contributed by atoms with Crippen molar-refractivity contribution < 1.29 is 23.9 Å². The van der Waals surface area contributed by atoms with Crippen molar-refractivity contribution >= 4 is 40.8 Å². The molecule has 174 valence electrons. The molecule has 9 heteroatoms. The maximum atomic E-state index is 13.2. The van der Waals surface area contributed by atoms with E-state index in [0.29, 0.717) is 18.0 Å². The van der Waals surface area contributed by atoms with Crippen LogP contribution >= 0.6 is 12.2 Å². The highest BCUT2D eigenvalue weighted by Crippen LogP contribution is 2.24. The van der Waals surface area contributed by atoms with Gasteiger partial charge in [-0.05, 0) is 48.5 Å². The highest BCUT2D eigenvalue weighted by Gasteiger charge is 2.44. The van der Waals surface area contributed by atoms with Gasteiger partial charge in [0, 0.05) is 5.69 Å². The Hall–Kier alpha value is -3.46. The van der Waals surface area contributed by atoms with E-state index in [2.05, 4.69) is 5.32 Å². The number of ether oxygens (including phenoxy) is 2. The Morgan fingerprint density at radius 2 is 1.79 bits per heavy atom. The van der Waals surface area contributed by atoms with Crippen molar-refractivity contribution in [2.24, 2.45) is 0 Å². The number of nitrogens with zero attached hydrogens (tertiary/aromatic N) is 2. The van der Waals surface area contributed by atoms with E-state index in [4.69, 9.17) is 21.7 Å². The molecule has 1 saturated heterocycles. The third-order valence-corrected chi connectivity index (χ3v) is 5.56. The molecule has 0 aromatic heterocycles. The van der Waals surface area contributed by atoms with Crippen LogP contribution in [0.3, 0.4) is 0 Å². The van der Waals surface area contributed by atoms with Gasteiger partial charge in [-0.2, -0.15) is 0 Å². The number of carbonyl (C=O) groups excluding carboxylic acids is 3. The number of carbonyl (C=O) groups is 3. The zero-order valence-electron chi connectivity index (χ0n) is 18.7. The van der Waals surface area contributed by atoms with Gasteiger partial charge in [-0.15, -0.1) is 0 Å². The van der Waals surface area contributed by atoms with Crippen LogP contribution in [-0.4, -0.2) is 59.0 Å². The van der Waals surface area contributed by atoms with Crippen LogP contribution in [0.2, 0.25) is 0 Å². The highest BCUT2D eigenvalue weighted by molar-refractivity contribution is 7.80. The average molecular weight is 470 g/mol. The van der Waals surface area contributed by atoms with Gasteiger partial charge >= 0.3 is 5.97 Å². The van der Waals surface area contributed by atoms with Crippen molar-refractivity contribution in [3.05, 3.63) is 60.2 Å². The van der Waals surface area contributed by atoms with E-state index in [0.717, 1.165) is 12.0 Å². The number of hydrogen-bond donors (Lipinski definition) is 1. The van der Waals surface area contributed by atoms with E-state index in [1.54, 1.807) is 24.3 Å². The predicted octanol–water partition coefficient (Wildman–Crippen LogP) is 2.97. The summed E-state index contributed by atoms with van der Waals surface area (Å²) >= 11 is 5.49. The maximum absolute atomic E-state index is 13.2. The van der Waals surface area contributed by atoms with E-state index in [9.17, 15) is 14.4 Å². The number of anilines is 1. The van der Waals surface area contributed by atoms with Gasteiger partial charge in [-0.1, -0.05) is 37.3 Å². The Labute approximate surface area is 198 Å². The summed E-state index contributed by atoms with van der Waals surface area (Å²) in [6.07, 6.45) is 0.745. The first-order valence-electron chi connectivity index (χ1n) is 10.7. The fourth-order valence-corrected chi connectivity index (χ4v) is 3.77. The molecule has 1 aliphatic rings. The Kier molecular flexibility index (Phi) is 8.37. The van der Waals surface area contributed by atoms with Crippen LogP contribution < -0.4 is 10.1 Å². The average Bonchev–Trinajstić information content (AvgIpc) is 3.03. The summed E-state index contributed by atoms with van der Waals surface area (Å²) in [6.45, 7) is 2.68. The lowest BCUT2D eigenvalue weighted by Crippen LogP contribution is -2.41. The van der Waals surface area contributed by atoms with Gasteiger partial charge in [-0.25, -0.2) is 0 Å². The van der Waals surface area contributed by atoms with Gasteiger partial charge in [0.15, 0.2) is 5.11 Å². The monoisotopic (exact) mass is 469 g/mol. The van der Waals surface area contributed by atoms with E-state index < -0.39 is 12.0 Å². The molecule has 1 aliphatic heterocycles. The van der Waals surface area contributed by atoms with Crippen molar-refractivity contribution in [1.29, 1.82) is 0 Å². The molecule has 2 aromatic carbocycles. The standard InChI is InChI=1S/C24H27N3O5S/c1-3-13-32-19-11-9-18(10-12-19)25-21(28)14-20-23(30)27(15-17-7-5-4-6-8-17)24(33)26(20)16-22(29)31-2/h4-12,20H,3,13-16H2,1-2H3,(H,25,28). The first-order chi connectivity index (χ1) is 15.9. The number of nitrogens with one attached hydrogen (secondary N) is 1. The van der Waals surface area contributed by atoms with Crippen molar-refractivity contribution in [3.63, 3.8) is 0 Å². The zero-order chi connectivity index (χ0) is 23.8. The molecule has 0 saturated carbocycles. The third kappa shape index (κ3) is 6.29. The van der Waals surface area contributed by atoms with E-state index in [1.807, 2.05) is 37.3 Å². The molecule has 1 N–H and O–H groups in total. The third-order valence-electron chi connectivity index (χ3n) is 5.10. The molecule has 1 unspecified atom stereocenters. The fourth-order valence-electron chi connectivity index (χ4n) is 3.43. The first kappa shape index (κ1) is 24.2. The van der Waals surface area contributed by atoms with E-state index >= 15 is 0 Å². The number of benzene rings is 2. The molecule has 1 fully saturated rings. The highest BCUT2D eigenvalue weighted by atomic mass is 32.1. The molecule has 1 heterocycles. The van der Waals surface area contributed by atoms with Gasteiger partial charge in [0.2, 0.25) is 5.91 Å². The molecule has 3 rings (SSSR count). The fraction of sp³-hybridized carbons (Fsp3) is 0.333. The second-order valence-corrected chi connectivity index (χ2v) is 7.90. The summed E-state index contributed by atoms with van der Waals surface area (Å²) in [6, 6.07) is 15.5. The molecule has 2 amide bonds. The van der Waals surface area contributed by atoms with Crippen LogP contribution in [0.5, 0.6) is 5.75 Å². The van der Waals surface area contributed by atoms with Crippen molar-refractivity contribution in [1.82, 2.24) is 9.80 Å². The Morgan fingerprint density at radius 1 is 1.09 bits per heavy atom. The zero-order valence-corrected chi connectivity index (χ0v) is 19.5. The number of amides is 2. The van der Waals surface area contributed by atoms with Crippen molar-refractivity contribution in [2.75, 3.05) is 25.6 Å². The SMILES string of the molecule is CCCOc1ccc(NC(=O)CC2C(=O)N(Cc3ccccc3)C(=S)N2CC(=O)OC)cc1. The van der Waals surface area contributed by atoms with Gasteiger partial charge in [0.05, 0.1) is 26.7 Å². The van der Waals surface area contributed by atoms with Crippen LogP contribution in [0, 0.1) is 0 Å². The Balaban J connectivity index is 1.70. The summed E-state index contributed by atoms with van der Waals surface area (Å²) in [5.74, 6) is -0.521. The number of hydrogen-bond acceptors (Lipinski definition) is 6. The second kappa shape index (κ2) is 11.4. The molecule has 0 radical (unpaired) electrons. The quantitative estimate of drug-likeness (QED) is 0.423. The number of thiocarbonyl (C=S) groups is 1. The lowest BCUT2D eigenvalue weighted by Gasteiger charge is -2.22. The minimum absolute atomic E-state index is 0.157. The molecular formula is C24H27N3O5S. The normalized spacial score (nSPS) is 15.5. The van der Waals surface area contributed by atoms with Gasteiger partial charge in [0.1, 0.15) is 18.3 Å². The van der Waals surface area contributed by atoms with E-state index in [-0.39, 0.29) is 36.4 Å². The summed E-state index contributed by atoms with van der Waals surface area (Å²) in [7, 11) is 1.26. The van der Waals surface area contributed by atoms with Crippen LogP contribution in [0.4, 0.5) is 5.69 Å². The molecule has 2 aromatic rings. The molecule has 8 nitrogen and oxygen atoms in total. The topological polar surface area (TPSA) is 88.2 Å².